The van der Waals surface area contributed by atoms with E-state index in [9.17, 15) is 0 Å². The summed E-state index contributed by atoms with van der Waals surface area (Å²) in [6.07, 6.45) is 0. The first kappa shape index (κ1) is 17.0. The molecule has 0 saturated heterocycles. The highest BCUT2D eigenvalue weighted by atomic mass is 79.9. The summed E-state index contributed by atoms with van der Waals surface area (Å²) in [5, 5.41) is 5.37. The SMILES string of the molecule is Cc1ccc2c(c1)C(c1ccc(Cl)cc1)=NNC(c1ccc(Br)cc1)=N2. The number of hydrogen-bond donors (Lipinski definition) is 1. The molecule has 1 N–H and O–H groups in total. The number of amidine groups is 1. The molecule has 0 spiro atoms. The van der Waals surface area contributed by atoms with Gasteiger partial charge in [0.25, 0.3) is 0 Å². The second kappa shape index (κ2) is 7.06. The number of fused-ring (bicyclic) bond motifs is 1. The summed E-state index contributed by atoms with van der Waals surface area (Å²) in [4.78, 5) is 4.82. The van der Waals surface area contributed by atoms with Crippen LogP contribution in [0.1, 0.15) is 22.3 Å². The second-order valence-electron chi connectivity index (χ2n) is 6.07. The molecule has 3 nitrogen and oxygen atoms in total. The number of nitrogens with one attached hydrogen (secondary N) is 1. The van der Waals surface area contributed by atoms with Gasteiger partial charge in [0.05, 0.1) is 11.4 Å². The minimum Gasteiger partial charge on any atom is -0.260 e. The van der Waals surface area contributed by atoms with Gasteiger partial charge >= 0.3 is 0 Å². The van der Waals surface area contributed by atoms with Crippen LogP contribution in [-0.4, -0.2) is 11.5 Å². The Morgan fingerprint density at radius 3 is 2.31 bits per heavy atom. The molecule has 0 aromatic heterocycles. The highest BCUT2D eigenvalue weighted by Gasteiger charge is 2.17. The van der Waals surface area contributed by atoms with Crippen LogP contribution in [0.3, 0.4) is 0 Å². The average molecular weight is 425 g/mol. The fourth-order valence-electron chi connectivity index (χ4n) is 2.82. The zero-order valence-corrected chi connectivity index (χ0v) is 16.3. The maximum absolute atomic E-state index is 6.04. The minimum absolute atomic E-state index is 0.701. The predicted molar refractivity (Wildman–Crippen MR) is 112 cm³/mol. The van der Waals surface area contributed by atoms with Crippen molar-refractivity contribution in [2.24, 2.45) is 10.1 Å². The van der Waals surface area contributed by atoms with Crippen LogP contribution in [0.25, 0.3) is 0 Å². The highest BCUT2D eigenvalue weighted by molar-refractivity contribution is 9.10. The molecule has 1 heterocycles. The van der Waals surface area contributed by atoms with Gasteiger partial charge in [-0.15, -0.1) is 0 Å². The minimum atomic E-state index is 0.701. The van der Waals surface area contributed by atoms with Crippen molar-refractivity contribution in [2.75, 3.05) is 0 Å². The molecular weight excluding hydrogens is 410 g/mol. The zero-order chi connectivity index (χ0) is 18.1. The van der Waals surface area contributed by atoms with Crippen molar-refractivity contribution < 1.29 is 0 Å². The van der Waals surface area contributed by atoms with Crippen LogP contribution in [-0.2, 0) is 0 Å². The maximum Gasteiger partial charge on any atom is 0.154 e. The van der Waals surface area contributed by atoms with Gasteiger partial charge in [-0.3, -0.25) is 5.43 Å². The maximum atomic E-state index is 6.04. The monoisotopic (exact) mass is 423 g/mol. The third-order valence-corrected chi connectivity index (χ3v) is 4.93. The third kappa shape index (κ3) is 3.43. The van der Waals surface area contributed by atoms with E-state index in [1.54, 1.807) is 0 Å². The Bertz CT molecular complexity index is 1020. The molecule has 0 radical (unpaired) electrons. The Labute approximate surface area is 165 Å². The van der Waals surface area contributed by atoms with Crippen LogP contribution < -0.4 is 5.43 Å². The Hall–Kier alpha value is -2.43. The van der Waals surface area contributed by atoms with Crippen molar-refractivity contribution in [1.29, 1.82) is 0 Å². The summed E-state index contributed by atoms with van der Waals surface area (Å²) in [6, 6.07) is 21.9. The van der Waals surface area contributed by atoms with E-state index in [1.165, 1.54) is 0 Å². The third-order valence-electron chi connectivity index (χ3n) is 4.15. The Kier molecular flexibility index (Phi) is 4.62. The van der Waals surface area contributed by atoms with Crippen LogP contribution in [0.4, 0.5) is 5.69 Å². The Balaban J connectivity index is 1.85. The number of hydrogen-bond acceptors (Lipinski definition) is 3. The number of hydrazone groups is 1. The van der Waals surface area contributed by atoms with Gasteiger partial charge in [0.1, 0.15) is 0 Å². The number of benzene rings is 3. The fraction of sp³-hybridized carbons (Fsp3) is 0.0476. The standard InChI is InChI=1S/C21H15BrClN3/c1-13-2-11-19-18(12-13)20(14-5-9-17(23)10-6-14)25-26-21(24-19)15-3-7-16(22)8-4-15/h2-12H,1H3,(H,24,26). The lowest BCUT2D eigenvalue weighted by atomic mass is 9.99. The van der Waals surface area contributed by atoms with Gasteiger partial charge in [-0.2, -0.15) is 5.10 Å². The van der Waals surface area contributed by atoms with Crippen molar-refractivity contribution in [2.45, 2.75) is 6.92 Å². The van der Waals surface area contributed by atoms with Crippen LogP contribution in [0.15, 0.2) is 81.3 Å². The molecule has 0 unspecified atom stereocenters. The molecule has 0 amide bonds. The first-order chi connectivity index (χ1) is 12.6. The average Bonchev–Trinajstić information content (AvgIpc) is 2.83. The van der Waals surface area contributed by atoms with E-state index in [0.29, 0.717) is 10.9 Å². The van der Waals surface area contributed by atoms with Gasteiger partial charge in [0, 0.05) is 26.2 Å². The highest BCUT2D eigenvalue weighted by Crippen LogP contribution is 2.27. The largest absolute Gasteiger partial charge is 0.260 e. The molecule has 0 aliphatic carbocycles. The van der Waals surface area contributed by atoms with Crippen LogP contribution in [0.2, 0.25) is 5.02 Å². The van der Waals surface area contributed by atoms with E-state index in [-0.39, 0.29) is 0 Å². The summed E-state index contributed by atoms with van der Waals surface area (Å²) < 4.78 is 1.02. The molecule has 0 saturated carbocycles. The van der Waals surface area contributed by atoms with Crippen LogP contribution in [0, 0.1) is 6.92 Å². The molecule has 1 aliphatic heterocycles. The number of nitrogens with zero attached hydrogens (tertiary/aromatic N) is 2. The van der Waals surface area contributed by atoms with Gasteiger partial charge < -0.3 is 0 Å². The lowest BCUT2D eigenvalue weighted by molar-refractivity contribution is 1.03. The molecule has 0 atom stereocenters. The van der Waals surface area contributed by atoms with E-state index in [4.69, 9.17) is 16.6 Å². The van der Waals surface area contributed by atoms with Gasteiger partial charge in [-0.05, 0) is 43.3 Å². The molecule has 3 aromatic carbocycles. The Morgan fingerprint density at radius 1 is 0.885 bits per heavy atom. The van der Waals surface area contributed by atoms with Crippen molar-refractivity contribution in [1.82, 2.24) is 5.43 Å². The number of aryl methyl sites for hydroxylation is 1. The smallest absolute Gasteiger partial charge is 0.154 e. The molecule has 128 valence electrons. The topological polar surface area (TPSA) is 36.8 Å². The lowest BCUT2D eigenvalue weighted by Gasteiger charge is -2.08. The van der Waals surface area contributed by atoms with Gasteiger partial charge in [0.2, 0.25) is 0 Å². The van der Waals surface area contributed by atoms with Gasteiger partial charge in [-0.1, -0.05) is 63.4 Å². The van der Waals surface area contributed by atoms with Crippen molar-refractivity contribution in [3.8, 4) is 0 Å². The van der Waals surface area contributed by atoms with Gasteiger partial charge in [0.15, 0.2) is 5.84 Å². The summed E-state index contributed by atoms with van der Waals surface area (Å²) in [5.74, 6) is 0.714. The number of aliphatic imine (C=N–C) groups is 1. The fourth-order valence-corrected chi connectivity index (χ4v) is 3.21. The first-order valence-electron chi connectivity index (χ1n) is 8.15. The zero-order valence-electron chi connectivity index (χ0n) is 14.0. The predicted octanol–water partition coefficient (Wildman–Crippen LogP) is 5.84. The van der Waals surface area contributed by atoms with E-state index < -0.39 is 0 Å². The lowest BCUT2D eigenvalue weighted by Crippen LogP contribution is -2.19. The van der Waals surface area contributed by atoms with E-state index >= 15 is 0 Å². The van der Waals surface area contributed by atoms with Crippen molar-refractivity contribution >= 4 is 44.8 Å². The quantitative estimate of drug-likeness (QED) is 0.551. The molecule has 5 heteroatoms. The van der Waals surface area contributed by atoms with Crippen molar-refractivity contribution in [3.05, 3.63) is 98.5 Å². The van der Waals surface area contributed by atoms with E-state index in [1.807, 2.05) is 54.6 Å². The molecule has 26 heavy (non-hydrogen) atoms. The molecular formula is C21H15BrClN3. The molecule has 4 rings (SSSR count). The summed E-state index contributed by atoms with van der Waals surface area (Å²) in [6.45, 7) is 2.07. The van der Waals surface area contributed by atoms with E-state index in [2.05, 4.69) is 45.5 Å². The molecule has 0 bridgehead atoms. The Morgan fingerprint density at radius 2 is 1.58 bits per heavy atom. The summed E-state index contributed by atoms with van der Waals surface area (Å²) >= 11 is 9.51. The van der Waals surface area contributed by atoms with Crippen LogP contribution in [0.5, 0.6) is 0 Å². The molecule has 3 aromatic rings. The van der Waals surface area contributed by atoms with Crippen molar-refractivity contribution in [3.63, 3.8) is 0 Å². The van der Waals surface area contributed by atoms with Gasteiger partial charge in [-0.25, -0.2) is 4.99 Å². The molecule has 0 fully saturated rings. The number of rotatable bonds is 2. The summed E-state index contributed by atoms with van der Waals surface area (Å²) in [7, 11) is 0. The summed E-state index contributed by atoms with van der Waals surface area (Å²) in [5.41, 5.74) is 8.97. The second-order valence-corrected chi connectivity index (χ2v) is 7.42. The van der Waals surface area contributed by atoms with E-state index in [0.717, 1.165) is 38.1 Å². The molecule has 1 aliphatic rings. The normalized spacial score (nSPS) is 13.2. The first-order valence-corrected chi connectivity index (χ1v) is 9.32. The van der Waals surface area contributed by atoms with Crippen LogP contribution >= 0.6 is 27.5 Å². The number of halogens is 2.